The molecule has 0 saturated carbocycles. The van der Waals surface area contributed by atoms with Gasteiger partial charge in [-0.15, -0.1) is 0 Å². The Labute approximate surface area is 102 Å². The van der Waals surface area contributed by atoms with Gasteiger partial charge in [0.1, 0.15) is 0 Å². The summed E-state index contributed by atoms with van der Waals surface area (Å²) in [5.41, 5.74) is 2.00. The van der Waals surface area contributed by atoms with Gasteiger partial charge in [0, 0.05) is 30.7 Å². The fourth-order valence-corrected chi connectivity index (χ4v) is 1.80. The van der Waals surface area contributed by atoms with Crippen molar-refractivity contribution in [2.75, 3.05) is 13.2 Å². The van der Waals surface area contributed by atoms with Crippen molar-refractivity contribution < 1.29 is 9.47 Å². The van der Waals surface area contributed by atoms with Crippen LogP contribution in [0.5, 0.6) is 0 Å². The predicted octanol–water partition coefficient (Wildman–Crippen LogP) is 2.12. The van der Waals surface area contributed by atoms with Gasteiger partial charge < -0.3 is 9.47 Å². The molecule has 1 aromatic rings. The van der Waals surface area contributed by atoms with E-state index >= 15 is 0 Å². The third-order valence-electron chi connectivity index (χ3n) is 2.93. The Morgan fingerprint density at radius 2 is 2.29 bits per heavy atom. The van der Waals surface area contributed by atoms with E-state index in [2.05, 4.69) is 16.5 Å². The number of hydrogen-bond acceptors (Lipinski definition) is 4. The highest BCUT2D eigenvalue weighted by Crippen LogP contribution is 2.14. The molecule has 17 heavy (non-hydrogen) atoms. The minimum atomic E-state index is 0.308. The highest BCUT2D eigenvalue weighted by atomic mass is 16.5. The van der Waals surface area contributed by atoms with E-state index < -0.39 is 0 Å². The van der Waals surface area contributed by atoms with Gasteiger partial charge in [0.05, 0.1) is 12.7 Å². The maximum Gasteiger partial charge on any atom is 0.151 e. The molecule has 1 aromatic heterocycles. The van der Waals surface area contributed by atoms with Crippen LogP contribution in [0.15, 0.2) is 12.8 Å². The van der Waals surface area contributed by atoms with Gasteiger partial charge in [0.15, 0.2) is 5.82 Å². The molecule has 4 nitrogen and oxygen atoms in total. The van der Waals surface area contributed by atoms with Crippen LogP contribution in [0.25, 0.3) is 6.08 Å². The Morgan fingerprint density at radius 3 is 2.94 bits per heavy atom. The van der Waals surface area contributed by atoms with Crippen molar-refractivity contribution >= 4 is 6.08 Å². The van der Waals surface area contributed by atoms with E-state index in [0.717, 1.165) is 37.3 Å². The molecule has 0 N–H and O–H groups in total. The Morgan fingerprint density at radius 1 is 1.53 bits per heavy atom. The second-order valence-corrected chi connectivity index (χ2v) is 4.17. The fourth-order valence-electron chi connectivity index (χ4n) is 1.80. The quantitative estimate of drug-likeness (QED) is 0.800. The number of rotatable bonds is 4. The number of nitrogens with zero attached hydrogens (tertiary/aromatic N) is 2. The first-order valence-electron chi connectivity index (χ1n) is 5.94. The Bertz CT molecular complexity index is 387. The van der Waals surface area contributed by atoms with Crippen LogP contribution in [0, 0.1) is 6.92 Å². The average Bonchev–Trinajstić information content (AvgIpc) is 2.38. The zero-order valence-corrected chi connectivity index (χ0v) is 10.2. The number of aryl methyl sites for hydroxylation is 1. The second kappa shape index (κ2) is 5.89. The summed E-state index contributed by atoms with van der Waals surface area (Å²) in [6, 6.07) is 0. The SMILES string of the molecule is C=Cc1ncc(COC2CCOCC2)c(C)n1. The van der Waals surface area contributed by atoms with Crippen molar-refractivity contribution in [1.29, 1.82) is 0 Å². The van der Waals surface area contributed by atoms with Crippen molar-refractivity contribution in [3.8, 4) is 0 Å². The van der Waals surface area contributed by atoms with Gasteiger partial charge in [0.2, 0.25) is 0 Å². The summed E-state index contributed by atoms with van der Waals surface area (Å²) in [7, 11) is 0. The molecule has 0 bridgehead atoms. The molecule has 1 aliphatic heterocycles. The molecule has 92 valence electrons. The molecule has 4 heteroatoms. The van der Waals surface area contributed by atoms with Crippen molar-refractivity contribution in [2.45, 2.75) is 32.5 Å². The van der Waals surface area contributed by atoms with Gasteiger partial charge in [-0.05, 0) is 25.8 Å². The van der Waals surface area contributed by atoms with E-state index in [9.17, 15) is 0 Å². The van der Waals surface area contributed by atoms with Crippen molar-refractivity contribution in [3.63, 3.8) is 0 Å². The summed E-state index contributed by atoms with van der Waals surface area (Å²) < 4.78 is 11.1. The number of aromatic nitrogens is 2. The van der Waals surface area contributed by atoms with E-state index in [1.807, 2.05) is 13.1 Å². The highest BCUT2D eigenvalue weighted by molar-refractivity contribution is 5.36. The van der Waals surface area contributed by atoms with E-state index in [1.54, 1.807) is 6.08 Å². The van der Waals surface area contributed by atoms with Crippen LogP contribution in [0.4, 0.5) is 0 Å². The zero-order chi connectivity index (χ0) is 12.1. The molecular weight excluding hydrogens is 216 g/mol. The molecule has 0 spiro atoms. The Kier molecular flexibility index (Phi) is 4.23. The molecule has 1 saturated heterocycles. The Hall–Kier alpha value is -1.26. The molecule has 2 heterocycles. The molecule has 0 amide bonds. The maximum absolute atomic E-state index is 5.84. The lowest BCUT2D eigenvalue weighted by atomic mass is 10.1. The normalized spacial score (nSPS) is 17.0. The zero-order valence-electron chi connectivity index (χ0n) is 10.2. The van der Waals surface area contributed by atoms with Gasteiger partial charge in [-0.3, -0.25) is 0 Å². The van der Waals surface area contributed by atoms with Crippen LogP contribution in [0.2, 0.25) is 0 Å². The standard InChI is InChI=1S/C13H18N2O2/c1-3-13-14-8-11(10(2)15-13)9-17-12-4-6-16-7-5-12/h3,8,12H,1,4-7,9H2,2H3. The molecule has 0 aromatic carbocycles. The average molecular weight is 234 g/mol. The van der Waals surface area contributed by atoms with Crippen molar-refractivity contribution in [2.24, 2.45) is 0 Å². The van der Waals surface area contributed by atoms with Crippen molar-refractivity contribution in [1.82, 2.24) is 9.97 Å². The van der Waals surface area contributed by atoms with Crippen LogP contribution in [0.3, 0.4) is 0 Å². The minimum absolute atomic E-state index is 0.308. The smallest absolute Gasteiger partial charge is 0.151 e. The summed E-state index contributed by atoms with van der Waals surface area (Å²) in [6.45, 7) is 7.80. The first-order chi connectivity index (χ1) is 8.29. The molecule has 1 aliphatic rings. The van der Waals surface area contributed by atoms with Crippen LogP contribution >= 0.6 is 0 Å². The summed E-state index contributed by atoms with van der Waals surface area (Å²) >= 11 is 0. The van der Waals surface area contributed by atoms with Gasteiger partial charge in [-0.2, -0.15) is 0 Å². The number of hydrogen-bond donors (Lipinski definition) is 0. The van der Waals surface area contributed by atoms with Crippen molar-refractivity contribution in [3.05, 3.63) is 29.9 Å². The summed E-state index contributed by atoms with van der Waals surface area (Å²) in [5, 5.41) is 0. The van der Waals surface area contributed by atoms with Gasteiger partial charge in [-0.25, -0.2) is 9.97 Å². The summed E-state index contributed by atoms with van der Waals surface area (Å²) in [6.07, 6.45) is 5.73. The van der Waals surface area contributed by atoms with E-state index in [0.29, 0.717) is 18.5 Å². The largest absolute Gasteiger partial charge is 0.381 e. The predicted molar refractivity (Wildman–Crippen MR) is 65.5 cm³/mol. The molecule has 0 aliphatic carbocycles. The topological polar surface area (TPSA) is 44.2 Å². The molecule has 0 atom stereocenters. The third kappa shape index (κ3) is 3.35. The molecule has 1 fully saturated rings. The first kappa shape index (κ1) is 12.2. The van der Waals surface area contributed by atoms with Crippen LogP contribution in [-0.2, 0) is 16.1 Å². The van der Waals surface area contributed by atoms with Crippen LogP contribution in [0.1, 0.15) is 29.9 Å². The lowest BCUT2D eigenvalue weighted by Gasteiger charge is -2.22. The van der Waals surface area contributed by atoms with Gasteiger partial charge >= 0.3 is 0 Å². The summed E-state index contributed by atoms with van der Waals surface area (Å²) in [4.78, 5) is 8.51. The van der Waals surface area contributed by atoms with E-state index in [4.69, 9.17) is 9.47 Å². The van der Waals surface area contributed by atoms with Crippen LogP contribution in [-0.4, -0.2) is 29.3 Å². The molecular formula is C13H18N2O2. The second-order valence-electron chi connectivity index (χ2n) is 4.17. The lowest BCUT2D eigenvalue weighted by molar-refractivity contribution is -0.0393. The fraction of sp³-hybridized carbons (Fsp3) is 0.538. The summed E-state index contributed by atoms with van der Waals surface area (Å²) in [5.74, 6) is 0.664. The first-order valence-corrected chi connectivity index (χ1v) is 5.94. The molecule has 0 unspecified atom stereocenters. The highest BCUT2D eigenvalue weighted by Gasteiger charge is 2.14. The maximum atomic E-state index is 5.84. The molecule has 2 rings (SSSR count). The Balaban J connectivity index is 1.91. The van der Waals surface area contributed by atoms with Gasteiger partial charge in [-0.1, -0.05) is 6.58 Å². The van der Waals surface area contributed by atoms with E-state index in [1.165, 1.54) is 0 Å². The third-order valence-corrected chi connectivity index (χ3v) is 2.93. The number of ether oxygens (including phenoxy) is 2. The molecule has 0 radical (unpaired) electrons. The van der Waals surface area contributed by atoms with E-state index in [-0.39, 0.29) is 0 Å². The lowest BCUT2D eigenvalue weighted by Crippen LogP contribution is -2.23. The monoisotopic (exact) mass is 234 g/mol. The minimum Gasteiger partial charge on any atom is -0.381 e. The van der Waals surface area contributed by atoms with Crippen LogP contribution < -0.4 is 0 Å². The van der Waals surface area contributed by atoms with Gasteiger partial charge in [0.25, 0.3) is 0 Å².